The third-order valence-electron chi connectivity index (χ3n) is 3.80. The average Bonchev–Trinajstić information content (AvgIpc) is 2.96. The molecule has 1 aliphatic heterocycles. The predicted molar refractivity (Wildman–Crippen MR) is 111 cm³/mol. The van der Waals surface area contributed by atoms with Crippen molar-refractivity contribution < 1.29 is 9.53 Å². The van der Waals surface area contributed by atoms with Crippen LogP contribution in [0.1, 0.15) is 5.56 Å². The molecule has 0 aromatic heterocycles. The number of hydrogen-bond acceptors (Lipinski definition) is 5. The van der Waals surface area contributed by atoms with Crippen molar-refractivity contribution in [2.24, 2.45) is 4.99 Å². The van der Waals surface area contributed by atoms with Gasteiger partial charge in [0.05, 0.1) is 23.7 Å². The number of amidine groups is 1. The van der Waals surface area contributed by atoms with E-state index in [4.69, 9.17) is 4.74 Å². The Hall–Kier alpha value is -2.02. The van der Waals surface area contributed by atoms with E-state index in [-0.39, 0.29) is 5.91 Å². The zero-order chi connectivity index (χ0) is 18.4. The number of rotatable bonds is 6. The summed E-state index contributed by atoms with van der Waals surface area (Å²) in [6, 6.07) is 17.8. The van der Waals surface area contributed by atoms with Crippen LogP contribution in [0.15, 0.2) is 69.4 Å². The lowest BCUT2D eigenvalue weighted by Crippen LogP contribution is -2.32. The second-order valence-corrected chi connectivity index (χ2v) is 7.45. The Morgan fingerprint density at radius 2 is 1.88 bits per heavy atom. The van der Waals surface area contributed by atoms with Gasteiger partial charge in [-0.1, -0.05) is 30.3 Å². The average molecular weight is 385 g/mol. The van der Waals surface area contributed by atoms with Crippen LogP contribution >= 0.6 is 23.5 Å². The van der Waals surface area contributed by atoms with Gasteiger partial charge < -0.3 is 4.74 Å². The van der Waals surface area contributed by atoms with Crippen LogP contribution in [0.4, 0.5) is 5.69 Å². The third-order valence-corrected chi connectivity index (χ3v) is 5.55. The number of para-hydroxylation sites is 1. The molecule has 0 saturated carbocycles. The normalized spacial score (nSPS) is 17.5. The highest BCUT2D eigenvalue weighted by atomic mass is 32.2. The summed E-state index contributed by atoms with van der Waals surface area (Å²) in [5, 5.41) is 0.685. The number of hydrogen-bond donors (Lipinski definition) is 0. The van der Waals surface area contributed by atoms with E-state index >= 15 is 0 Å². The van der Waals surface area contributed by atoms with Gasteiger partial charge in [0.25, 0.3) is 5.91 Å². The molecular weight excluding hydrogens is 364 g/mol. The molecule has 26 heavy (non-hydrogen) atoms. The number of aliphatic imine (C=N–C) groups is 1. The molecule has 1 amide bonds. The fraction of sp³-hybridized carbons (Fsp3) is 0.200. The third kappa shape index (κ3) is 4.58. The highest BCUT2D eigenvalue weighted by molar-refractivity contribution is 8.18. The van der Waals surface area contributed by atoms with Crippen molar-refractivity contribution in [1.82, 2.24) is 4.90 Å². The molecule has 0 bridgehead atoms. The molecule has 0 radical (unpaired) electrons. The molecule has 2 aromatic carbocycles. The predicted octanol–water partition coefficient (Wildman–Crippen LogP) is 4.66. The topological polar surface area (TPSA) is 41.9 Å². The van der Waals surface area contributed by atoms with Crippen LogP contribution < -0.4 is 0 Å². The van der Waals surface area contributed by atoms with Crippen LogP contribution in [-0.2, 0) is 9.53 Å². The number of ether oxygens (including phenoxy) is 1. The summed E-state index contributed by atoms with van der Waals surface area (Å²) in [4.78, 5) is 21.0. The number of methoxy groups -OCH3 is 1. The maximum atomic E-state index is 12.8. The van der Waals surface area contributed by atoms with Gasteiger partial charge in [0.2, 0.25) is 0 Å². The van der Waals surface area contributed by atoms with E-state index < -0.39 is 0 Å². The molecule has 134 valence electrons. The maximum absolute atomic E-state index is 12.8. The largest absolute Gasteiger partial charge is 0.383 e. The molecule has 1 fully saturated rings. The van der Waals surface area contributed by atoms with Crippen molar-refractivity contribution in [3.63, 3.8) is 0 Å². The van der Waals surface area contributed by atoms with Gasteiger partial charge in [-0.3, -0.25) is 9.69 Å². The summed E-state index contributed by atoms with van der Waals surface area (Å²) >= 11 is 3.10. The minimum absolute atomic E-state index is 0.0318. The monoisotopic (exact) mass is 384 g/mol. The number of carbonyl (C=O) groups excluding carboxylic acids is 1. The van der Waals surface area contributed by atoms with E-state index in [1.807, 2.05) is 54.8 Å². The van der Waals surface area contributed by atoms with E-state index in [1.165, 1.54) is 16.7 Å². The molecule has 0 aliphatic carbocycles. The summed E-state index contributed by atoms with van der Waals surface area (Å²) in [6.45, 7) is 0.951. The van der Waals surface area contributed by atoms with E-state index in [1.54, 1.807) is 23.8 Å². The molecule has 0 atom stereocenters. The molecule has 3 rings (SSSR count). The van der Waals surface area contributed by atoms with Crippen LogP contribution in [0.25, 0.3) is 6.08 Å². The standard InChI is InChI=1S/C20H20N2O2S2/c1-24-13-12-22-19(23)18(14-15-8-10-17(25-2)11-9-15)26-20(22)21-16-6-4-3-5-7-16/h3-11,14H,12-13H2,1-2H3. The second-order valence-electron chi connectivity index (χ2n) is 5.56. The number of benzene rings is 2. The molecular formula is C20H20N2O2S2. The van der Waals surface area contributed by atoms with E-state index in [0.29, 0.717) is 23.2 Å². The van der Waals surface area contributed by atoms with Crippen molar-refractivity contribution >= 4 is 46.4 Å². The van der Waals surface area contributed by atoms with Gasteiger partial charge in [-0.25, -0.2) is 4.99 Å². The van der Waals surface area contributed by atoms with Gasteiger partial charge in [0.1, 0.15) is 0 Å². The molecule has 1 saturated heterocycles. The van der Waals surface area contributed by atoms with Crippen LogP contribution in [0.2, 0.25) is 0 Å². The summed E-state index contributed by atoms with van der Waals surface area (Å²) in [5.74, 6) is -0.0318. The maximum Gasteiger partial charge on any atom is 0.266 e. The lowest BCUT2D eigenvalue weighted by atomic mass is 10.2. The fourth-order valence-electron chi connectivity index (χ4n) is 2.44. The Morgan fingerprint density at radius 1 is 1.15 bits per heavy atom. The highest BCUT2D eigenvalue weighted by Crippen LogP contribution is 2.34. The Bertz CT molecular complexity index is 817. The summed E-state index contributed by atoms with van der Waals surface area (Å²) in [5.41, 5.74) is 1.84. The van der Waals surface area contributed by atoms with Gasteiger partial charge >= 0.3 is 0 Å². The van der Waals surface area contributed by atoms with E-state index in [2.05, 4.69) is 17.1 Å². The molecule has 1 heterocycles. The Balaban J connectivity index is 1.89. The van der Waals surface area contributed by atoms with Gasteiger partial charge in [-0.2, -0.15) is 0 Å². The second kappa shape index (κ2) is 9.07. The number of carbonyl (C=O) groups is 1. The van der Waals surface area contributed by atoms with Gasteiger partial charge in [0.15, 0.2) is 5.17 Å². The number of thioether (sulfide) groups is 2. The molecule has 0 N–H and O–H groups in total. The van der Waals surface area contributed by atoms with Crippen LogP contribution in [0.3, 0.4) is 0 Å². The first-order chi connectivity index (χ1) is 12.7. The van der Waals surface area contributed by atoms with Crippen molar-refractivity contribution in [2.75, 3.05) is 26.5 Å². The van der Waals surface area contributed by atoms with Crippen molar-refractivity contribution in [1.29, 1.82) is 0 Å². The van der Waals surface area contributed by atoms with Crippen LogP contribution in [0, 0.1) is 0 Å². The smallest absolute Gasteiger partial charge is 0.266 e. The van der Waals surface area contributed by atoms with Gasteiger partial charge in [-0.15, -0.1) is 11.8 Å². The lowest BCUT2D eigenvalue weighted by molar-refractivity contribution is -0.122. The fourth-order valence-corrected chi connectivity index (χ4v) is 3.87. The molecule has 2 aromatic rings. The molecule has 4 nitrogen and oxygen atoms in total. The summed E-state index contributed by atoms with van der Waals surface area (Å²) in [7, 11) is 1.63. The summed E-state index contributed by atoms with van der Waals surface area (Å²) in [6.07, 6.45) is 3.97. The zero-order valence-electron chi connectivity index (χ0n) is 14.7. The first-order valence-corrected chi connectivity index (χ1v) is 10.2. The Labute approximate surface area is 162 Å². The highest BCUT2D eigenvalue weighted by Gasteiger charge is 2.33. The van der Waals surface area contributed by atoms with E-state index in [0.717, 1.165) is 11.3 Å². The first kappa shape index (κ1) is 18.8. The van der Waals surface area contributed by atoms with E-state index in [9.17, 15) is 4.79 Å². The zero-order valence-corrected chi connectivity index (χ0v) is 16.3. The molecule has 1 aliphatic rings. The summed E-state index contributed by atoms with van der Waals surface area (Å²) < 4.78 is 5.15. The SMILES string of the molecule is COCCN1C(=O)C(=Cc2ccc(SC)cc2)SC1=Nc1ccccc1. The van der Waals surface area contributed by atoms with Gasteiger partial charge in [-0.05, 0) is 53.9 Å². The quantitative estimate of drug-likeness (QED) is 0.537. The number of nitrogens with zero attached hydrogens (tertiary/aromatic N) is 2. The lowest BCUT2D eigenvalue weighted by Gasteiger charge is -2.14. The molecule has 0 unspecified atom stereocenters. The molecule has 0 spiro atoms. The first-order valence-electron chi connectivity index (χ1n) is 8.19. The van der Waals surface area contributed by atoms with Crippen LogP contribution in [0.5, 0.6) is 0 Å². The Morgan fingerprint density at radius 3 is 2.54 bits per heavy atom. The number of amides is 1. The minimum Gasteiger partial charge on any atom is -0.383 e. The van der Waals surface area contributed by atoms with Crippen molar-refractivity contribution in [2.45, 2.75) is 4.90 Å². The van der Waals surface area contributed by atoms with Crippen molar-refractivity contribution in [3.05, 3.63) is 65.1 Å². The minimum atomic E-state index is -0.0318. The Kier molecular flexibility index (Phi) is 6.55. The van der Waals surface area contributed by atoms with Gasteiger partial charge in [0, 0.05) is 12.0 Å². The van der Waals surface area contributed by atoms with Crippen LogP contribution in [-0.4, -0.2) is 42.5 Å². The molecule has 6 heteroatoms. The van der Waals surface area contributed by atoms with Crippen molar-refractivity contribution in [3.8, 4) is 0 Å².